The van der Waals surface area contributed by atoms with E-state index in [9.17, 15) is 0 Å². The van der Waals surface area contributed by atoms with E-state index in [0.29, 0.717) is 18.0 Å². The van der Waals surface area contributed by atoms with E-state index < -0.39 is 0 Å². The maximum absolute atomic E-state index is 5.91. The van der Waals surface area contributed by atoms with Crippen LogP contribution < -0.4 is 20.1 Å². The molecule has 2 aromatic rings. The number of benzene rings is 2. The average Bonchev–Trinajstić information content (AvgIpc) is 3.30. The fourth-order valence-corrected chi connectivity index (χ4v) is 3.09. The van der Waals surface area contributed by atoms with Gasteiger partial charge in [-0.05, 0) is 42.7 Å². The van der Waals surface area contributed by atoms with Gasteiger partial charge in [-0.15, -0.1) is 24.0 Å². The molecule has 1 fully saturated rings. The van der Waals surface area contributed by atoms with E-state index in [4.69, 9.17) is 18.9 Å². The SMILES string of the molecule is CN=C(NCCCOC1CCOC1)NCc1ccc(Oc2ccccc2OC)cc1.I. The molecule has 0 aromatic heterocycles. The monoisotopic (exact) mass is 541 g/mol. The van der Waals surface area contributed by atoms with E-state index in [0.717, 1.165) is 56.5 Å². The van der Waals surface area contributed by atoms with Crippen molar-refractivity contribution in [2.45, 2.75) is 25.5 Å². The Morgan fingerprint density at radius 2 is 1.87 bits per heavy atom. The first-order chi connectivity index (χ1) is 14.8. The lowest BCUT2D eigenvalue weighted by molar-refractivity contribution is 0.0420. The first kappa shape index (κ1) is 25.2. The zero-order valence-electron chi connectivity index (χ0n) is 18.1. The Morgan fingerprint density at radius 1 is 1.10 bits per heavy atom. The van der Waals surface area contributed by atoms with Crippen LogP contribution in [-0.4, -0.2) is 52.6 Å². The van der Waals surface area contributed by atoms with Gasteiger partial charge in [0, 0.05) is 33.4 Å². The Balaban J connectivity index is 0.00000341. The fraction of sp³-hybridized carbons (Fsp3) is 0.435. The summed E-state index contributed by atoms with van der Waals surface area (Å²) < 4.78 is 22.3. The van der Waals surface area contributed by atoms with Crippen LogP contribution in [0.15, 0.2) is 53.5 Å². The molecule has 2 aromatic carbocycles. The van der Waals surface area contributed by atoms with Crippen LogP contribution in [0.4, 0.5) is 0 Å². The summed E-state index contributed by atoms with van der Waals surface area (Å²) in [6.45, 7) is 3.74. The van der Waals surface area contributed by atoms with Gasteiger partial charge in [0.1, 0.15) is 5.75 Å². The number of nitrogens with zero attached hydrogens (tertiary/aromatic N) is 1. The van der Waals surface area contributed by atoms with Crippen molar-refractivity contribution in [2.75, 3.05) is 40.5 Å². The highest BCUT2D eigenvalue weighted by atomic mass is 127. The molecule has 0 aliphatic carbocycles. The predicted octanol–water partition coefficient (Wildman–Crippen LogP) is 3.97. The van der Waals surface area contributed by atoms with Crippen LogP contribution in [0.5, 0.6) is 17.2 Å². The molecule has 1 aliphatic heterocycles. The summed E-state index contributed by atoms with van der Waals surface area (Å²) in [5.41, 5.74) is 1.13. The number of guanidine groups is 1. The average molecular weight is 541 g/mol. The molecular formula is C23H32IN3O4. The molecule has 0 saturated carbocycles. The van der Waals surface area contributed by atoms with E-state index in [1.807, 2.05) is 48.5 Å². The minimum Gasteiger partial charge on any atom is -0.493 e. The summed E-state index contributed by atoms with van der Waals surface area (Å²) in [6.07, 6.45) is 2.18. The summed E-state index contributed by atoms with van der Waals surface area (Å²) in [5.74, 6) is 2.94. The standard InChI is InChI=1S/C23H31N3O4.HI/c1-24-23(25-13-5-14-29-20-12-15-28-17-20)26-16-18-8-10-19(11-9-18)30-22-7-4-3-6-21(22)27-2;/h3-4,6-11,20H,5,12-17H2,1-2H3,(H2,24,25,26);1H. The number of rotatable bonds is 10. The van der Waals surface area contributed by atoms with Crippen LogP contribution in [0.2, 0.25) is 0 Å². The van der Waals surface area contributed by atoms with Crippen LogP contribution in [0.1, 0.15) is 18.4 Å². The molecule has 1 heterocycles. The first-order valence-corrected chi connectivity index (χ1v) is 10.3. The van der Waals surface area contributed by atoms with Gasteiger partial charge in [0.25, 0.3) is 0 Å². The molecule has 2 N–H and O–H groups in total. The minimum atomic E-state index is 0. The lowest BCUT2D eigenvalue weighted by Crippen LogP contribution is -2.37. The summed E-state index contributed by atoms with van der Waals surface area (Å²) in [5, 5.41) is 6.63. The second-order valence-electron chi connectivity index (χ2n) is 6.96. The quantitative estimate of drug-likeness (QED) is 0.205. The molecule has 7 nitrogen and oxygen atoms in total. The van der Waals surface area contributed by atoms with Gasteiger partial charge in [-0.1, -0.05) is 24.3 Å². The molecule has 0 spiro atoms. The molecule has 170 valence electrons. The Labute approximate surface area is 201 Å². The van der Waals surface area contributed by atoms with Gasteiger partial charge in [-0.3, -0.25) is 4.99 Å². The van der Waals surface area contributed by atoms with E-state index in [-0.39, 0.29) is 30.1 Å². The van der Waals surface area contributed by atoms with E-state index in [1.165, 1.54) is 0 Å². The van der Waals surface area contributed by atoms with Gasteiger partial charge < -0.3 is 29.6 Å². The van der Waals surface area contributed by atoms with Gasteiger partial charge in [0.05, 0.1) is 19.8 Å². The number of para-hydroxylation sites is 2. The third-order valence-electron chi connectivity index (χ3n) is 4.76. The Bertz CT molecular complexity index is 796. The smallest absolute Gasteiger partial charge is 0.191 e. The second-order valence-corrected chi connectivity index (χ2v) is 6.96. The maximum Gasteiger partial charge on any atom is 0.191 e. The topological polar surface area (TPSA) is 73.3 Å². The number of halogens is 1. The minimum absolute atomic E-state index is 0. The number of hydrogen-bond acceptors (Lipinski definition) is 5. The molecule has 8 heteroatoms. The Hall–Kier alpha value is -2.04. The van der Waals surface area contributed by atoms with Crippen molar-refractivity contribution in [1.29, 1.82) is 0 Å². The zero-order chi connectivity index (χ0) is 21.0. The molecule has 1 unspecified atom stereocenters. The van der Waals surface area contributed by atoms with E-state index >= 15 is 0 Å². The third-order valence-corrected chi connectivity index (χ3v) is 4.76. The fourth-order valence-electron chi connectivity index (χ4n) is 3.09. The Kier molecular flexibility index (Phi) is 11.5. The summed E-state index contributed by atoms with van der Waals surface area (Å²) in [4.78, 5) is 4.27. The van der Waals surface area contributed by atoms with Gasteiger partial charge in [-0.2, -0.15) is 0 Å². The van der Waals surface area contributed by atoms with Crippen LogP contribution in [0.3, 0.4) is 0 Å². The Morgan fingerprint density at radius 3 is 2.55 bits per heavy atom. The molecule has 1 aliphatic rings. The van der Waals surface area contributed by atoms with Gasteiger partial charge in [-0.25, -0.2) is 0 Å². The molecule has 0 amide bonds. The molecule has 0 bridgehead atoms. The highest BCUT2D eigenvalue weighted by molar-refractivity contribution is 14.0. The van der Waals surface area contributed by atoms with Crippen LogP contribution in [0, 0.1) is 0 Å². The van der Waals surface area contributed by atoms with Crippen molar-refractivity contribution in [2.24, 2.45) is 4.99 Å². The van der Waals surface area contributed by atoms with E-state index in [2.05, 4.69) is 15.6 Å². The third kappa shape index (κ3) is 8.54. The maximum atomic E-state index is 5.91. The van der Waals surface area contributed by atoms with Crippen LogP contribution in [-0.2, 0) is 16.0 Å². The van der Waals surface area contributed by atoms with Crippen LogP contribution in [0.25, 0.3) is 0 Å². The number of methoxy groups -OCH3 is 1. The van der Waals surface area contributed by atoms with Gasteiger partial charge in [0.15, 0.2) is 17.5 Å². The highest BCUT2D eigenvalue weighted by Crippen LogP contribution is 2.30. The van der Waals surface area contributed by atoms with Crippen molar-refractivity contribution < 1.29 is 18.9 Å². The van der Waals surface area contributed by atoms with Crippen molar-refractivity contribution in [3.8, 4) is 17.2 Å². The molecule has 3 rings (SSSR count). The van der Waals surface area contributed by atoms with Crippen molar-refractivity contribution in [3.63, 3.8) is 0 Å². The van der Waals surface area contributed by atoms with Gasteiger partial charge in [0.2, 0.25) is 0 Å². The molecule has 1 atom stereocenters. The second kappa shape index (κ2) is 14.1. The number of aliphatic imine (C=N–C) groups is 1. The van der Waals surface area contributed by atoms with E-state index in [1.54, 1.807) is 14.2 Å². The normalized spacial score (nSPS) is 15.8. The van der Waals surface area contributed by atoms with Crippen molar-refractivity contribution >= 4 is 29.9 Å². The largest absolute Gasteiger partial charge is 0.493 e. The summed E-state index contributed by atoms with van der Waals surface area (Å²) in [6, 6.07) is 15.6. The van der Waals surface area contributed by atoms with Crippen molar-refractivity contribution in [1.82, 2.24) is 10.6 Å². The number of ether oxygens (including phenoxy) is 4. The first-order valence-electron chi connectivity index (χ1n) is 10.3. The molecule has 0 radical (unpaired) electrons. The lowest BCUT2D eigenvalue weighted by atomic mass is 10.2. The predicted molar refractivity (Wildman–Crippen MR) is 133 cm³/mol. The number of nitrogens with one attached hydrogen (secondary N) is 2. The molecular weight excluding hydrogens is 509 g/mol. The highest BCUT2D eigenvalue weighted by Gasteiger charge is 2.15. The number of hydrogen-bond donors (Lipinski definition) is 2. The summed E-state index contributed by atoms with van der Waals surface area (Å²) in [7, 11) is 3.40. The lowest BCUT2D eigenvalue weighted by Gasteiger charge is -2.14. The summed E-state index contributed by atoms with van der Waals surface area (Å²) >= 11 is 0. The molecule has 1 saturated heterocycles. The zero-order valence-corrected chi connectivity index (χ0v) is 20.5. The molecule has 31 heavy (non-hydrogen) atoms. The van der Waals surface area contributed by atoms with Gasteiger partial charge >= 0.3 is 0 Å². The van der Waals surface area contributed by atoms with Crippen LogP contribution >= 0.6 is 24.0 Å². The van der Waals surface area contributed by atoms with Crippen molar-refractivity contribution in [3.05, 3.63) is 54.1 Å².